The van der Waals surface area contributed by atoms with Crippen LogP contribution in [0.4, 0.5) is 0 Å². The molecule has 1 spiro atoms. The van der Waals surface area contributed by atoms with E-state index in [1.54, 1.807) is 0 Å². The highest BCUT2D eigenvalue weighted by Crippen LogP contribution is 2.46. The lowest BCUT2D eigenvalue weighted by Gasteiger charge is -2.39. The molecule has 2 rings (SSSR count). The smallest absolute Gasteiger partial charge is 0.139 e. The number of hydrogen-bond acceptors (Lipinski definition) is 1. The zero-order valence-corrected chi connectivity index (χ0v) is 6.81. The monoisotopic (exact) mass is 150 g/mol. The highest BCUT2D eigenvalue weighted by atomic mass is 16.1. The van der Waals surface area contributed by atoms with Gasteiger partial charge in [0, 0.05) is 11.8 Å². The van der Waals surface area contributed by atoms with Crippen LogP contribution in [-0.2, 0) is 4.79 Å². The summed E-state index contributed by atoms with van der Waals surface area (Å²) in [5.74, 6) is 0.522. The first-order valence-electron chi connectivity index (χ1n) is 4.52. The molecule has 0 unspecified atom stereocenters. The average molecular weight is 150 g/mol. The Labute approximate surface area is 67.5 Å². The Balaban J connectivity index is 2.16. The maximum absolute atomic E-state index is 11.6. The molecule has 0 bridgehead atoms. The molecule has 2 aliphatic rings. The Bertz CT molecular complexity index is 199. The molecule has 0 aromatic rings. The Morgan fingerprint density at radius 2 is 2.09 bits per heavy atom. The van der Waals surface area contributed by atoms with Crippen molar-refractivity contribution in [1.29, 1.82) is 0 Å². The second kappa shape index (κ2) is 2.47. The van der Waals surface area contributed by atoms with E-state index in [0.717, 1.165) is 32.1 Å². The lowest BCUT2D eigenvalue weighted by molar-refractivity contribution is -0.133. The fraction of sp³-hybridized carbons (Fsp3) is 0.700. The predicted octanol–water partition coefficient (Wildman–Crippen LogP) is 2.47. The number of rotatable bonds is 0. The van der Waals surface area contributed by atoms with Gasteiger partial charge < -0.3 is 0 Å². The van der Waals surface area contributed by atoms with E-state index in [1.165, 1.54) is 6.42 Å². The van der Waals surface area contributed by atoms with Crippen molar-refractivity contribution in [2.75, 3.05) is 0 Å². The van der Waals surface area contributed by atoms with E-state index in [9.17, 15) is 4.79 Å². The molecular weight excluding hydrogens is 136 g/mol. The van der Waals surface area contributed by atoms with Gasteiger partial charge in [-0.3, -0.25) is 4.79 Å². The molecule has 0 aromatic carbocycles. The van der Waals surface area contributed by atoms with Crippen molar-refractivity contribution >= 4 is 5.78 Å². The largest absolute Gasteiger partial charge is 0.299 e. The molecule has 1 saturated carbocycles. The van der Waals surface area contributed by atoms with Crippen LogP contribution < -0.4 is 0 Å². The van der Waals surface area contributed by atoms with Gasteiger partial charge in [0.2, 0.25) is 0 Å². The van der Waals surface area contributed by atoms with Gasteiger partial charge in [0.05, 0.1) is 0 Å². The van der Waals surface area contributed by atoms with Crippen LogP contribution in [-0.4, -0.2) is 5.78 Å². The molecule has 0 atom stereocenters. The van der Waals surface area contributed by atoms with Crippen LogP contribution in [0.2, 0.25) is 0 Å². The fourth-order valence-electron chi connectivity index (χ4n) is 2.11. The van der Waals surface area contributed by atoms with Crippen LogP contribution in [0.5, 0.6) is 0 Å². The van der Waals surface area contributed by atoms with Crippen LogP contribution in [0.3, 0.4) is 0 Å². The van der Waals surface area contributed by atoms with Crippen molar-refractivity contribution in [2.45, 2.75) is 38.5 Å². The first-order chi connectivity index (χ1) is 5.33. The third-order valence-corrected chi connectivity index (χ3v) is 3.12. The number of ketones is 1. The van der Waals surface area contributed by atoms with Crippen molar-refractivity contribution < 1.29 is 4.79 Å². The summed E-state index contributed by atoms with van der Waals surface area (Å²) in [6, 6.07) is 0. The first kappa shape index (κ1) is 7.08. The minimum absolute atomic E-state index is 0.118. The minimum atomic E-state index is 0.118. The van der Waals surface area contributed by atoms with Crippen LogP contribution in [0.1, 0.15) is 38.5 Å². The Hall–Kier alpha value is -0.590. The van der Waals surface area contributed by atoms with E-state index in [4.69, 9.17) is 0 Å². The standard InChI is InChI=1S/C10H14O/c11-9-5-2-1-3-6-10(9)7-4-8-10/h1,3H,2,4-8H2. The second-order valence-electron chi connectivity index (χ2n) is 3.77. The molecule has 0 amide bonds. The molecule has 1 heteroatoms. The summed E-state index contributed by atoms with van der Waals surface area (Å²) in [6.45, 7) is 0. The van der Waals surface area contributed by atoms with Crippen LogP contribution in [0.15, 0.2) is 12.2 Å². The Kier molecular flexibility index (Phi) is 1.59. The van der Waals surface area contributed by atoms with E-state index in [1.807, 2.05) is 0 Å². The zero-order valence-electron chi connectivity index (χ0n) is 6.81. The summed E-state index contributed by atoms with van der Waals surface area (Å²) < 4.78 is 0. The molecule has 0 N–H and O–H groups in total. The molecule has 60 valence electrons. The Morgan fingerprint density at radius 3 is 2.73 bits per heavy atom. The normalized spacial score (nSPS) is 28.2. The summed E-state index contributed by atoms with van der Waals surface area (Å²) in [5.41, 5.74) is 0.118. The SMILES string of the molecule is O=C1CCC=CCC12CCC2. The minimum Gasteiger partial charge on any atom is -0.299 e. The number of carbonyl (C=O) groups excluding carboxylic acids is 1. The van der Waals surface area contributed by atoms with Gasteiger partial charge in [0.25, 0.3) is 0 Å². The number of carbonyl (C=O) groups is 1. The molecule has 0 heterocycles. The fourth-order valence-corrected chi connectivity index (χ4v) is 2.11. The summed E-state index contributed by atoms with van der Waals surface area (Å²) in [7, 11) is 0. The van der Waals surface area contributed by atoms with Crippen molar-refractivity contribution in [3.8, 4) is 0 Å². The second-order valence-corrected chi connectivity index (χ2v) is 3.77. The number of hydrogen-bond donors (Lipinski definition) is 0. The van der Waals surface area contributed by atoms with Gasteiger partial charge in [-0.25, -0.2) is 0 Å². The molecule has 0 saturated heterocycles. The summed E-state index contributed by atoms with van der Waals surface area (Å²) in [5, 5.41) is 0. The molecule has 2 aliphatic carbocycles. The van der Waals surface area contributed by atoms with E-state index in [0.29, 0.717) is 5.78 Å². The summed E-state index contributed by atoms with van der Waals surface area (Å²) in [6.07, 6.45) is 10.7. The lowest BCUT2D eigenvalue weighted by atomic mass is 9.64. The van der Waals surface area contributed by atoms with Gasteiger partial charge in [-0.05, 0) is 25.7 Å². The highest BCUT2D eigenvalue weighted by molar-refractivity contribution is 5.86. The predicted molar refractivity (Wildman–Crippen MR) is 44.3 cm³/mol. The third kappa shape index (κ3) is 1.03. The zero-order chi connectivity index (χ0) is 7.73. The van der Waals surface area contributed by atoms with E-state index < -0.39 is 0 Å². The maximum atomic E-state index is 11.6. The van der Waals surface area contributed by atoms with Gasteiger partial charge in [0.1, 0.15) is 5.78 Å². The van der Waals surface area contributed by atoms with Crippen molar-refractivity contribution in [3.05, 3.63) is 12.2 Å². The van der Waals surface area contributed by atoms with Gasteiger partial charge in [0.15, 0.2) is 0 Å². The molecule has 0 aliphatic heterocycles. The molecule has 1 fully saturated rings. The number of Topliss-reactive ketones (excluding diaryl/α,β-unsaturated/α-hetero) is 1. The van der Waals surface area contributed by atoms with Crippen LogP contribution >= 0.6 is 0 Å². The van der Waals surface area contributed by atoms with Crippen molar-refractivity contribution in [2.24, 2.45) is 5.41 Å². The molecule has 0 aromatic heterocycles. The third-order valence-electron chi connectivity index (χ3n) is 3.12. The topological polar surface area (TPSA) is 17.1 Å². The van der Waals surface area contributed by atoms with Gasteiger partial charge in [-0.1, -0.05) is 18.6 Å². The average Bonchev–Trinajstić information content (AvgIpc) is 2.09. The van der Waals surface area contributed by atoms with E-state index >= 15 is 0 Å². The molecule has 1 nitrogen and oxygen atoms in total. The van der Waals surface area contributed by atoms with Crippen molar-refractivity contribution in [3.63, 3.8) is 0 Å². The lowest BCUT2D eigenvalue weighted by Crippen LogP contribution is -2.36. The van der Waals surface area contributed by atoms with E-state index in [-0.39, 0.29) is 5.41 Å². The van der Waals surface area contributed by atoms with E-state index in [2.05, 4.69) is 12.2 Å². The van der Waals surface area contributed by atoms with Gasteiger partial charge in [-0.15, -0.1) is 0 Å². The maximum Gasteiger partial charge on any atom is 0.139 e. The molecule has 11 heavy (non-hydrogen) atoms. The highest BCUT2D eigenvalue weighted by Gasteiger charge is 2.42. The summed E-state index contributed by atoms with van der Waals surface area (Å²) in [4.78, 5) is 11.6. The van der Waals surface area contributed by atoms with Gasteiger partial charge in [-0.2, -0.15) is 0 Å². The van der Waals surface area contributed by atoms with Crippen LogP contribution in [0.25, 0.3) is 0 Å². The quantitative estimate of drug-likeness (QED) is 0.485. The summed E-state index contributed by atoms with van der Waals surface area (Å²) >= 11 is 0. The molecule has 0 radical (unpaired) electrons. The van der Waals surface area contributed by atoms with Crippen molar-refractivity contribution in [1.82, 2.24) is 0 Å². The first-order valence-corrected chi connectivity index (χ1v) is 4.52. The number of allylic oxidation sites excluding steroid dienone is 2. The van der Waals surface area contributed by atoms with Gasteiger partial charge >= 0.3 is 0 Å². The molecular formula is C10H14O. The Morgan fingerprint density at radius 1 is 1.27 bits per heavy atom. The van der Waals surface area contributed by atoms with Crippen LogP contribution in [0, 0.1) is 5.41 Å².